The zero-order chi connectivity index (χ0) is 23.9. The van der Waals surface area contributed by atoms with Gasteiger partial charge < -0.3 is 9.84 Å². The smallest absolute Gasteiger partial charge is 0.163 e. The van der Waals surface area contributed by atoms with Crippen LogP contribution in [-0.2, 0) is 0 Å². The summed E-state index contributed by atoms with van der Waals surface area (Å²) in [4.78, 5) is 18.9. The molecule has 174 valence electrons. The molecule has 0 unspecified atom stereocenters. The van der Waals surface area contributed by atoms with E-state index >= 15 is 0 Å². The van der Waals surface area contributed by atoms with Crippen molar-refractivity contribution >= 4 is 17.4 Å². The van der Waals surface area contributed by atoms with E-state index in [0.717, 1.165) is 42.6 Å². The maximum absolute atomic E-state index is 12.2. The molecule has 1 saturated heterocycles. The van der Waals surface area contributed by atoms with Gasteiger partial charge in [0.1, 0.15) is 18.1 Å². The highest BCUT2D eigenvalue weighted by Gasteiger charge is 2.23. The molecule has 34 heavy (non-hydrogen) atoms. The van der Waals surface area contributed by atoms with Gasteiger partial charge in [-0.15, -0.1) is 0 Å². The molecule has 2 heterocycles. The fourth-order valence-electron chi connectivity index (χ4n) is 4.09. The number of aliphatic hydroxyl groups excluding tert-OH is 1. The number of pyridine rings is 1. The molecule has 5 nitrogen and oxygen atoms in total. The molecule has 2 aromatic carbocycles. The number of halogens is 1. The van der Waals surface area contributed by atoms with Gasteiger partial charge in [0.15, 0.2) is 5.78 Å². The SMILES string of the molecule is CC(=O)c1cc(C#Cc2ccc(-c3ccc(Cl)cc3)cn2)ccc1OCCN1CCC[C@H]1CO. The molecule has 1 aliphatic heterocycles. The normalized spacial score (nSPS) is 15.6. The van der Waals surface area contributed by atoms with Crippen molar-refractivity contribution in [3.63, 3.8) is 0 Å². The fourth-order valence-corrected chi connectivity index (χ4v) is 4.22. The minimum atomic E-state index is -0.0708. The quantitative estimate of drug-likeness (QED) is 0.392. The lowest BCUT2D eigenvalue weighted by atomic mass is 10.1. The molecule has 1 aromatic heterocycles. The van der Waals surface area contributed by atoms with E-state index < -0.39 is 0 Å². The molecule has 0 radical (unpaired) electrons. The highest BCUT2D eigenvalue weighted by Crippen LogP contribution is 2.23. The number of Topliss-reactive ketones (excluding diaryl/α,β-unsaturated/α-hetero) is 1. The molecule has 1 aliphatic rings. The van der Waals surface area contributed by atoms with Crippen LogP contribution < -0.4 is 4.74 Å². The summed E-state index contributed by atoms with van der Waals surface area (Å²) in [5.41, 5.74) is 3.90. The number of benzene rings is 2. The van der Waals surface area contributed by atoms with Crippen molar-refractivity contribution in [1.82, 2.24) is 9.88 Å². The summed E-state index contributed by atoms with van der Waals surface area (Å²) in [5.74, 6) is 6.64. The summed E-state index contributed by atoms with van der Waals surface area (Å²) >= 11 is 5.95. The molecule has 1 fully saturated rings. The van der Waals surface area contributed by atoms with Crippen molar-refractivity contribution < 1.29 is 14.6 Å². The first-order chi connectivity index (χ1) is 16.5. The first-order valence-corrected chi connectivity index (χ1v) is 11.8. The molecule has 0 amide bonds. The van der Waals surface area contributed by atoms with Gasteiger partial charge in [-0.05, 0) is 74.2 Å². The number of ether oxygens (including phenoxy) is 1. The molecule has 1 N–H and O–H groups in total. The Balaban J connectivity index is 1.42. The van der Waals surface area contributed by atoms with E-state index in [4.69, 9.17) is 16.3 Å². The van der Waals surface area contributed by atoms with E-state index in [1.54, 1.807) is 18.3 Å². The Kier molecular flexibility index (Phi) is 7.97. The van der Waals surface area contributed by atoms with E-state index in [1.165, 1.54) is 6.92 Å². The lowest BCUT2D eigenvalue weighted by molar-refractivity contribution is 0.101. The Hall–Kier alpha value is -3.17. The molecule has 0 saturated carbocycles. The van der Waals surface area contributed by atoms with Gasteiger partial charge in [-0.2, -0.15) is 0 Å². The lowest BCUT2D eigenvalue weighted by Crippen LogP contribution is -2.35. The van der Waals surface area contributed by atoms with Gasteiger partial charge in [0, 0.05) is 34.9 Å². The monoisotopic (exact) mass is 474 g/mol. The molecule has 0 spiro atoms. The Morgan fingerprint density at radius 2 is 1.94 bits per heavy atom. The number of hydrogen-bond acceptors (Lipinski definition) is 5. The van der Waals surface area contributed by atoms with Crippen molar-refractivity contribution in [3.8, 4) is 28.7 Å². The van der Waals surface area contributed by atoms with Crippen LogP contribution in [0.25, 0.3) is 11.1 Å². The zero-order valence-electron chi connectivity index (χ0n) is 19.1. The van der Waals surface area contributed by atoms with Crippen molar-refractivity contribution in [3.05, 3.63) is 82.6 Å². The van der Waals surface area contributed by atoms with Crippen LogP contribution in [-0.4, -0.2) is 53.1 Å². The molecule has 6 heteroatoms. The summed E-state index contributed by atoms with van der Waals surface area (Å²) in [5, 5.41) is 10.2. The van der Waals surface area contributed by atoms with Crippen molar-refractivity contribution in [2.24, 2.45) is 0 Å². The van der Waals surface area contributed by atoms with E-state index in [-0.39, 0.29) is 18.4 Å². The van der Waals surface area contributed by atoms with Gasteiger partial charge in [-0.25, -0.2) is 4.98 Å². The largest absolute Gasteiger partial charge is 0.491 e. The van der Waals surface area contributed by atoms with Crippen LogP contribution in [0, 0.1) is 11.8 Å². The maximum atomic E-state index is 12.2. The van der Waals surface area contributed by atoms with Gasteiger partial charge in [-0.1, -0.05) is 35.7 Å². The van der Waals surface area contributed by atoms with Gasteiger partial charge in [0.05, 0.1) is 12.2 Å². The number of carbonyl (C=O) groups excluding carboxylic acids is 1. The molecular formula is C28H27ClN2O3. The van der Waals surface area contributed by atoms with Gasteiger partial charge in [0.2, 0.25) is 0 Å². The van der Waals surface area contributed by atoms with Gasteiger partial charge >= 0.3 is 0 Å². The molecular weight excluding hydrogens is 448 g/mol. The Bertz CT molecular complexity index is 1200. The third-order valence-electron chi connectivity index (χ3n) is 5.98. The summed E-state index contributed by atoms with van der Waals surface area (Å²) in [7, 11) is 0. The lowest BCUT2D eigenvalue weighted by Gasteiger charge is -2.22. The standard InChI is InChI=1S/C28H27ClN2O3/c1-20(33)27-17-21(5-13-28(27)34-16-15-31-14-2-3-26(31)19-32)4-11-25-12-8-23(18-30-25)22-6-9-24(29)10-7-22/h5-10,12-13,17-18,26,32H,2-3,14-16,19H2,1H3/t26-/m0/s1. The van der Waals surface area contributed by atoms with Crippen molar-refractivity contribution in [1.29, 1.82) is 0 Å². The average molecular weight is 475 g/mol. The first kappa shape index (κ1) is 24.0. The fraction of sp³-hybridized carbons (Fsp3) is 0.286. The van der Waals surface area contributed by atoms with Crippen LogP contribution in [0.3, 0.4) is 0 Å². The predicted molar refractivity (Wildman–Crippen MR) is 134 cm³/mol. The Morgan fingerprint density at radius 1 is 1.15 bits per heavy atom. The van der Waals surface area contributed by atoms with Crippen LogP contribution in [0.4, 0.5) is 0 Å². The van der Waals surface area contributed by atoms with E-state index in [0.29, 0.717) is 28.6 Å². The van der Waals surface area contributed by atoms with E-state index in [2.05, 4.69) is 21.7 Å². The highest BCUT2D eigenvalue weighted by atomic mass is 35.5. The minimum Gasteiger partial charge on any atom is -0.491 e. The van der Waals surface area contributed by atoms with Crippen LogP contribution in [0.5, 0.6) is 5.75 Å². The second-order valence-electron chi connectivity index (χ2n) is 8.32. The van der Waals surface area contributed by atoms with Crippen LogP contribution in [0.15, 0.2) is 60.8 Å². The maximum Gasteiger partial charge on any atom is 0.163 e. The topological polar surface area (TPSA) is 62.7 Å². The number of hydrogen-bond donors (Lipinski definition) is 1. The summed E-state index contributed by atoms with van der Waals surface area (Å²) in [6.45, 7) is 3.86. The third-order valence-corrected chi connectivity index (χ3v) is 6.23. The van der Waals surface area contributed by atoms with Gasteiger partial charge in [-0.3, -0.25) is 9.69 Å². The Labute approximate surface area is 205 Å². The van der Waals surface area contributed by atoms with Crippen LogP contribution in [0.1, 0.15) is 41.4 Å². The second-order valence-corrected chi connectivity index (χ2v) is 8.76. The third kappa shape index (κ3) is 6.03. The zero-order valence-corrected chi connectivity index (χ0v) is 19.9. The second kappa shape index (κ2) is 11.3. The number of ketones is 1. The minimum absolute atomic E-state index is 0.0708. The number of aliphatic hydroxyl groups is 1. The number of carbonyl (C=O) groups is 1. The Morgan fingerprint density at radius 3 is 2.65 bits per heavy atom. The molecule has 1 atom stereocenters. The summed E-state index contributed by atoms with van der Waals surface area (Å²) < 4.78 is 5.92. The van der Waals surface area contributed by atoms with Crippen molar-refractivity contribution in [2.45, 2.75) is 25.8 Å². The molecule has 0 aliphatic carbocycles. The predicted octanol–water partition coefficient (Wildman–Crippen LogP) is 4.84. The number of nitrogens with zero attached hydrogens (tertiary/aromatic N) is 2. The van der Waals surface area contributed by atoms with E-state index in [9.17, 15) is 9.90 Å². The highest BCUT2D eigenvalue weighted by molar-refractivity contribution is 6.30. The molecule has 3 aromatic rings. The summed E-state index contributed by atoms with van der Waals surface area (Å²) in [6.07, 6.45) is 3.89. The number of likely N-dealkylation sites (tertiary alicyclic amines) is 1. The summed E-state index contributed by atoms with van der Waals surface area (Å²) in [6, 6.07) is 17.1. The molecule has 0 bridgehead atoms. The average Bonchev–Trinajstić information content (AvgIpc) is 3.31. The van der Waals surface area contributed by atoms with Crippen LogP contribution in [0.2, 0.25) is 5.02 Å². The molecule has 4 rings (SSSR count). The van der Waals surface area contributed by atoms with Crippen molar-refractivity contribution in [2.75, 3.05) is 26.3 Å². The van der Waals surface area contributed by atoms with Crippen LogP contribution >= 0.6 is 11.6 Å². The van der Waals surface area contributed by atoms with E-state index in [1.807, 2.05) is 42.5 Å². The number of rotatable bonds is 7. The number of aromatic nitrogens is 1. The van der Waals surface area contributed by atoms with Gasteiger partial charge in [0.25, 0.3) is 0 Å². The first-order valence-electron chi connectivity index (χ1n) is 11.4.